The summed E-state index contributed by atoms with van der Waals surface area (Å²) in [5.41, 5.74) is -0.174. The Bertz CT molecular complexity index is 966. The number of carbonyl (C=O) groups excluding carboxylic acids is 1. The molecule has 0 saturated carbocycles. The lowest BCUT2D eigenvalue weighted by atomic mass is 10.1. The molecule has 0 atom stereocenters. The number of benzene rings is 3. The van der Waals surface area contributed by atoms with Gasteiger partial charge in [0.1, 0.15) is 11.5 Å². The number of hydrogen-bond donors (Lipinski definition) is 1. The highest BCUT2D eigenvalue weighted by molar-refractivity contribution is 5.99. The Kier molecular flexibility index (Phi) is 5.87. The normalized spacial score (nSPS) is 11.4. The summed E-state index contributed by atoms with van der Waals surface area (Å²) in [5, 5.41) is 4.46. The number of alkyl halides is 3. The average molecular weight is 387 g/mol. The molecule has 0 aliphatic heterocycles. The molecule has 1 amide bonds. The summed E-state index contributed by atoms with van der Waals surface area (Å²) in [5.74, 6) is 0.682. The first-order valence-electron chi connectivity index (χ1n) is 9.04. The zero-order valence-corrected chi connectivity index (χ0v) is 15.3. The van der Waals surface area contributed by atoms with E-state index in [0.29, 0.717) is 23.6 Å². The first kappa shape index (κ1) is 19.7. The highest BCUT2D eigenvalue weighted by Crippen LogP contribution is 2.33. The van der Waals surface area contributed by atoms with Crippen molar-refractivity contribution >= 4 is 16.7 Å². The van der Waals surface area contributed by atoms with Gasteiger partial charge in [-0.05, 0) is 60.3 Å². The maximum atomic E-state index is 12.7. The molecule has 0 saturated heterocycles. The summed E-state index contributed by atoms with van der Waals surface area (Å²) >= 11 is 0. The van der Waals surface area contributed by atoms with Gasteiger partial charge in [-0.2, -0.15) is 13.2 Å². The standard InChI is InChI=1S/C22H20F3NO2/c1-2-3-13-26-21(27)16-7-12-19-15(14-16)5-4-6-20(19)28-18-10-8-17(9-11-18)22(23,24)25/h4-12,14H,2-3,13H2,1H3,(H,26,27). The Hall–Kier alpha value is -3.02. The van der Waals surface area contributed by atoms with E-state index in [2.05, 4.69) is 12.2 Å². The Morgan fingerprint density at radius 2 is 1.79 bits per heavy atom. The van der Waals surface area contributed by atoms with Gasteiger partial charge in [0.2, 0.25) is 0 Å². The molecule has 1 N–H and O–H groups in total. The largest absolute Gasteiger partial charge is 0.457 e. The van der Waals surface area contributed by atoms with Gasteiger partial charge in [0, 0.05) is 17.5 Å². The monoisotopic (exact) mass is 387 g/mol. The molecule has 0 aliphatic rings. The molecule has 6 heteroatoms. The SMILES string of the molecule is CCCCNC(=O)c1ccc2c(Oc3ccc(C(F)(F)F)cc3)cccc2c1. The van der Waals surface area contributed by atoms with Crippen LogP contribution in [0.15, 0.2) is 60.7 Å². The van der Waals surface area contributed by atoms with Gasteiger partial charge in [0.05, 0.1) is 5.56 Å². The maximum absolute atomic E-state index is 12.7. The Morgan fingerprint density at radius 3 is 2.46 bits per heavy atom. The van der Waals surface area contributed by atoms with Crippen LogP contribution in [0.1, 0.15) is 35.7 Å². The summed E-state index contributed by atoms with van der Waals surface area (Å²) in [6, 6.07) is 15.2. The van der Waals surface area contributed by atoms with Crippen LogP contribution in [0, 0.1) is 0 Å². The second-order valence-electron chi connectivity index (χ2n) is 6.43. The summed E-state index contributed by atoms with van der Waals surface area (Å²) in [7, 11) is 0. The Labute approximate surface area is 161 Å². The van der Waals surface area contributed by atoms with Gasteiger partial charge in [0.25, 0.3) is 5.91 Å². The van der Waals surface area contributed by atoms with Crippen molar-refractivity contribution in [2.24, 2.45) is 0 Å². The highest BCUT2D eigenvalue weighted by atomic mass is 19.4. The number of nitrogens with one attached hydrogen (secondary N) is 1. The molecule has 0 unspecified atom stereocenters. The molecule has 3 aromatic rings. The van der Waals surface area contributed by atoms with Gasteiger partial charge in [-0.3, -0.25) is 4.79 Å². The Morgan fingerprint density at radius 1 is 1.04 bits per heavy atom. The van der Waals surface area contributed by atoms with Crippen molar-refractivity contribution in [2.45, 2.75) is 25.9 Å². The number of unbranched alkanes of at least 4 members (excludes halogenated alkanes) is 1. The molecule has 0 aliphatic carbocycles. The maximum Gasteiger partial charge on any atom is 0.416 e. The summed E-state index contributed by atoms with van der Waals surface area (Å²) in [6.07, 6.45) is -2.46. The number of halogens is 3. The molecular formula is C22H20F3NO2. The van der Waals surface area contributed by atoms with Crippen LogP contribution >= 0.6 is 0 Å². The predicted molar refractivity (Wildman–Crippen MR) is 103 cm³/mol. The fraction of sp³-hybridized carbons (Fsp3) is 0.227. The minimum atomic E-state index is -4.38. The number of carbonyl (C=O) groups is 1. The molecule has 0 bridgehead atoms. The van der Waals surface area contributed by atoms with Crippen LogP contribution in [0.4, 0.5) is 13.2 Å². The first-order valence-corrected chi connectivity index (χ1v) is 9.04. The van der Waals surface area contributed by atoms with Gasteiger partial charge in [-0.25, -0.2) is 0 Å². The van der Waals surface area contributed by atoms with Crippen molar-refractivity contribution < 1.29 is 22.7 Å². The second kappa shape index (κ2) is 8.33. The second-order valence-corrected chi connectivity index (χ2v) is 6.43. The third-order valence-corrected chi connectivity index (χ3v) is 4.33. The van der Waals surface area contributed by atoms with Crippen molar-refractivity contribution in [1.29, 1.82) is 0 Å². The smallest absolute Gasteiger partial charge is 0.416 e. The van der Waals surface area contributed by atoms with E-state index in [0.717, 1.165) is 35.7 Å². The molecule has 0 heterocycles. The number of amides is 1. The number of ether oxygens (including phenoxy) is 1. The van der Waals surface area contributed by atoms with E-state index in [-0.39, 0.29) is 5.91 Å². The zero-order valence-electron chi connectivity index (χ0n) is 15.3. The van der Waals surface area contributed by atoms with Crippen LogP contribution < -0.4 is 10.1 Å². The molecule has 3 rings (SSSR count). The first-order chi connectivity index (χ1) is 13.4. The van der Waals surface area contributed by atoms with Crippen molar-refractivity contribution in [3.63, 3.8) is 0 Å². The number of fused-ring (bicyclic) bond motifs is 1. The number of rotatable bonds is 6. The topological polar surface area (TPSA) is 38.3 Å². The molecule has 0 aromatic heterocycles. The van der Waals surface area contributed by atoms with Crippen LogP contribution in [-0.4, -0.2) is 12.5 Å². The molecule has 3 nitrogen and oxygen atoms in total. The van der Waals surface area contributed by atoms with Crippen LogP contribution in [0.5, 0.6) is 11.5 Å². The van der Waals surface area contributed by atoms with Crippen LogP contribution in [0.2, 0.25) is 0 Å². The van der Waals surface area contributed by atoms with Gasteiger partial charge >= 0.3 is 6.18 Å². The Balaban J connectivity index is 1.82. The molecule has 0 radical (unpaired) electrons. The van der Waals surface area contributed by atoms with E-state index in [1.807, 2.05) is 6.07 Å². The van der Waals surface area contributed by atoms with Gasteiger partial charge in [0.15, 0.2) is 0 Å². The van der Waals surface area contributed by atoms with E-state index < -0.39 is 11.7 Å². The quantitative estimate of drug-likeness (QED) is 0.513. The predicted octanol–water partition coefficient (Wildman–Crippen LogP) is 6.18. The third kappa shape index (κ3) is 4.63. The van der Waals surface area contributed by atoms with E-state index in [1.54, 1.807) is 30.3 Å². The van der Waals surface area contributed by atoms with Crippen molar-refractivity contribution in [3.05, 3.63) is 71.8 Å². The molecule has 3 aromatic carbocycles. The van der Waals surface area contributed by atoms with Crippen LogP contribution in [0.25, 0.3) is 10.8 Å². The summed E-state index contributed by atoms with van der Waals surface area (Å²) in [4.78, 5) is 12.2. The van der Waals surface area contributed by atoms with E-state index >= 15 is 0 Å². The lowest BCUT2D eigenvalue weighted by Gasteiger charge is -2.12. The molecule has 0 fully saturated rings. The van der Waals surface area contributed by atoms with Gasteiger partial charge in [-0.1, -0.05) is 25.5 Å². The van der Waals surface area contributed by atoms with Crippen LogP contribution in [0.3, 0.4) is 0 Å². The minimum absolute atomic E-state index is 0.135. The van der Waals surface area contributed by atoms with Crippen molar-refractivity contribution in [1.82, 2.24) is 5.32 Å². The van der Waals surface area contributed by atoms with Gasteiger partial charge in [-0.15, -0.1) is 0 Å². The molecule has 146 valence electrons. The lowest BCUT2D eigenvalue weighted by molar-refractivity contribution is -0.137. The highest BCUT2D eigenvalue weighted by Gasteiger charge is 2.30. The lowest BCUT2D eigenvalue weighted by Crippen LogP contribution is -2.24. The van der Waals surface area contributed by atoms with Crippen molar-refractivity contribution in [2.75, 3.05) is 6.54 Å². The van der Waals surface area contributed by atoms with Crippen molar-refractivity contribution in [3.8, 4) is 11.5 Å². The summed E-state index contributed by atoms with van der Waals surface area (Å²) in [6.45, 7) is 2.69. The summed E-state index contributed by atoms with van der Waals surface area (Å²) < 4.78 is 43.8. The van der Waals surface area contributed by atoms with E-state index in [9.17, 15) is 18.0 Å². The van der Waals surface area contributed by atoms with Gasteiger partial charge < -0.3 is 10.1 Å². The van der Waals surface area contributed by atoms with E-state index in [1.165, 1.54) is 12.1 Å². The molecule has 28 heavy (non-hydrogen) atoms. The zero-order chi connectivity index (χ0) is 20.1. The fourth-order valence-corrected chi connectivity index (χ4v) is 2.80. The van der Waals surface area contributed by atoms with Crippen LogP contribution in [-0.2, 0) is 6.18 Å². The average Bonchev–Trinajstić information content (AvgIpc) is 2.67. The minimum Gasteiger partial charge on any atom is -0.457 e. The molecular weight excluding hydrogens is 367 g/mol. The van der Waals surface area contributed by atoms with E-state index in [4.69, 9.17) is 4.74 Å². The fourth-order valence-electron chi connectivity index (χ4n) is 2.80. The third-order valence-electron chi connectivity index (χ3n) is 4.33. The number of hydrogen-bond acceptors (Lipinski definition) is 2. The molecule has 0 spiro atoms.